The van der Waals surface area contributed by atoms with Crippen LogP contribution in [0.3, 0.4) is 0 Å². The number of hydrogen-bond donors (Lipinski definition) is 1. The molecule has 1 aliphatic carbocycles. The number of aryl methyl sites for hydroxylation is 2. The van der Waals surface area contributed by atoms with Crippen LogP contribution in [0.1, 0.15) is 75.8 Å². The summed E-state index contributed by atoms with van der Waals surface area (Å²) in [6, 6.07) is 24.5. The van der Waals surface area contributed by atoms with Gasteiger partial charge in [0.1, 0.15) is 5.37 Å². The number of benzene rings is 3. The molecule has 3 aromatic carbocycles. The Balaban J connectivity index is 1.27. The Kier molecular flexibility index (Phi) is 7.24. The van der Waals surface area contributed by atoms with Gasteiger partial charge in [0.15, 0.2) is 0 Å². The lowest BCUT2D eigenvalue weighted by atomic mass is 9.88. The zero-order chi connectivity index (χ0) is 24.2. The van der Waals surface area contributed by atoms with Crippen LogP contribution in [0.4, 0.5) is 0 Å². The van der Waals surface area contributed by atoms with Crippen molar-refractivity contribution in [3.05, 3.63) is 106 Å². The molecule has 4 nitrogen and oxygen atoms in total. The number of carbonyl (C=O) groups is 2. The van der Waals surface area contributed by atoms with Gasteiger partial charge in [0.2, 0.25) is 5.91 Å². The van der Waals surface area contributed by atoms with Crippen LogP contribution < -0.4 is 5.32 Å². The highest BCUT2D eigenvalue weighted by Crippen LogP contribution is 2.39. The van der Waals surface area contributed by atoms with E-state index in [1.807, 2.05) is 59.5 Å². The van der Waals surface area contributed by atoms with E-state index in [-0.39, 0.29) is 23.2 Å². The highest BCUT2D eigenvalue weighted by Gasteiger charge is 2.32. The first-order valence-electron chi connectivity index (χ1n) is 12.6. The van der Waals surface area contributed by atoms with Crippen LogP contribution in [0, 0.1) is 0 Å². The van der Waals surface area contributed by atoms with E-state index in [4.69, 9.17) is 0 Å². The number of nitrogens with zero attached hydrogens (tertiary/aromatic N) is 1. The molecule has 180 valence electrons. The molecule has 0 spiro atoms. The number of thioether (sulfide) groups is 1. The fourth-order valence-corrected chi connectivity index (χ4v) is 6.30. The molecule has 35 heavy (non-hydrogen) atoms. The van der Waals surface area contributed by atoms with E-state index < -0.39 is 0 Å². The van der Waals surface area contributed by atoms with Gasteiger partial charge in [-0.2, -0.15) is 0 Å². The van der Waals surface area contributed by atoms with Crippen molar-refractivity contribution in [2.45, 2.75) is 57.0 Å². The number of hydrogen-bond acceptors (Lipinski definition) is 3. The van der Waals surface area contributed by atoms with Crippen molar-refractivity contribution >= 4 is 23.6 Å². The fourth-order valence-electron chi connectivity index (χ4n) is 5.11. The van der Waals surface area contributed by atoms with Crippen molar-refractivity contribution in [3.8, 4) is 0 Å². The third kappa shape index (κ3) is 5.30. The quantitative estimate of drug-likeness (QED) is 0.433. The first kappa shape index (κ1) is 23.7. The van der Waals surface area contributed by atoms with Crippen LogP contribution in [0.15, 0.2) is 72.8 Å². The molecule has 2 unspecified atom stereocenters. The Hall–Kier alpha value is -3.05. The molecule has 5 rings (SSSR count). The summed E-state index contributed by atoms with van der Waals surface area (Å²) >= 11 is 1.64. The molecule has 1 N–H and O–H groups in total. The standard InChI is InChI=1S/C30H32N2O2S/c1-2-27(26-17-12-22-10-6-7-11-25(22)18-26)31-29(34)23-13-15-24(16-14-23)30-32(28(33)20-35-30)19-21-8-4-3-5-9-21/h3-5,8-9,12-18,27,30H,2,6-7,10-11,19-20H2,1H3,(H,31,34). The van der Waals surface area contributed by atoms with Gasteiger partial charge in [-0.15, -0.1) is 11.8 Å². The van der Waals surface area contributed by atoms with E-state index in [0.29, 0.717) is 17.9 Å². The van der Waals surface area contributed by atoms with Crippen LogP contribution >= 0.6 is 11.8 Å². The Morgan fingerprint density at radius 2 is 1.74 bits per heavy atom. The van der Waals surface area contributed by atoms with Gasteiger partial charge in [-0.05, 0) is 72.1 Å². The van der Waals surface area contributed by atoms with Crippen molar-refractivity contribution < 1.29 is 9.59 Å². The molecule has 1 saturated heterocycles. The predicted molar refractivity (Wildman–Crippen MR) is 142 cm³/mol. The second-order valence-corrected chi connectivity index (χ2v) is 10.5. The van der Waals surface area contributed by atoms with Crippen molar-refractivity contribution in [1.29, 1.82) is 0 Å². The number of rotatable bonds is 7. The summed E-state index contributed by atoms with van der Waals surface area (Å²) in [6.07, 6.45) is 5.67. The summed E-state index contributed by atoms with van der Waals surface area (Å²) in [6.45, 7) is 2.71. The molecular formula is C30H32N2O2S. The largest absolute Gasteiger partial charge is 0.345 e. The van der Waals surface area contributed by atoms with Crippen molar-refractivity contribution in [1.82, 2.24) is 10.2 Å². The van der Waals surface area contributed by atoms with Crippen molar-refractivity contribution in [2.24, 2.45) is 0 Å². The molecular weight excluding hydrogens is 452 g/mol. The average molecular weight is 485 g/mol. The molecule has 1 heterocycles. The third-order valence-electron chi connectivity index (χ3n) is 7.11. The second kappa shape index (κ2) is 10.7. The maximum Gasteiger partial charge on any atom is 0.251 e. The Labute approximate surface area is 212 Å². The van der Waals surface area contributed by atoms with Crippen molar-refractivity contribution in [3.63, 3.8) is 0 Å². The van der Waals surface area contributed by atoms with Gasteiger partial charge in [0, 0.05) is 12.1 Å². The lowest BCUT2D eigenvalue weighted by molar-refractivity contribution is -0.128. The second-order valence-electron chi connectivity index (χ2n) is 9.46. The minimum Gasteiger partial charge on any atom is -0.345 e. The Morgan fingerprint density at radius 1 is 1.00 bits per heavy atom. The van der Waals surface area contributed by atoms with Gasteiger partial charge in [0.25, 0.3) is 5.91 Å². The lowest BCUT2D eigenvalue weighted by Crippen LogP contribution is -2.29. The molecule has 0 aromatic heterocycles. The summed E-state index contributed by atoms with van der Waals surface area (Å²) in [7, 11) is 0. The molecule has 2 aliphatic rings. The molecule has 1 fully saturated rings. The van der Waals surface area contributed by atoms with Gasteiger partial charge < -0.3 is 10.2 Å². The molecule has 3 aromatic rings. The van der Waals surface area contributed by atoms with E-state index in [0.717, 1.165) is 24.0 Å². The number of nitrogens with one attached hydrogen (secondary N) is 1. The highest BCUT2D eigenvalue weighted by molar-refractivity contribution is 8.00. The van der Waals surface area contributed by atoms with Crippen LogP contribution in [-0.4, -0.2) is 22.5 Å². The van der Waals surface area contributed by atoms with Gasteiger partial charge in [0.05, 0.1) is 11.8 Å². The van der Waals surface area contributed by atoms with E-state index in [1.165, 1.54) is 36.0 Å². The summed E-state index contributed by atoms with van der Waals surface area (Å²) < 4.78 is 0. The Morgan fingerprint density at radius 3 is 2.49 bits per heavy atom. The molecule has 5 heteroatoms. The molecule has 2 atom stereocenters. The number of amides is 2. The smallest absolute Gasteiger partial charge is 0.251 e. The topological polar surface area (TPSA) is 49.4 Å². The molecule has 0 saturated carbocycles. The van der Waals surface area contributed by atoms with Crippen LogP contribution in [0.2, 0.25) is 0 Å². The lowest BCUT2D eigenvalue weighted by Gasteiger charge is -2.24. The summed E-state index contributed by atoms with van der Waals surface area (Å²) in [5.74, 6) is 0.581. The summed E-state index contributed by atoms with van der Waals surface area (Å²) in [5, 5.41) is 3.21. The average Bonchev–Trinajstić information content (AvgIpc) is 3.27. The van der Waals surface area contributed by atoms with E-state index in [9.17, 15) is 9.59 Å². The van der Waals surface area contributed by atoms with E-state index in [1.54, 1.807) is 11.8 Å². The van der Waals surface area contributed by atoms with Gasteiger partial charge in [-0.25, -0.2) is 0 Å². The van der Waals surface area contributed by atoms with E-state index in [2.05, 4.69) is 30.4 Å². The SMILES string of the molecule is CCC(NC(=O)c1ccc(C2SCC(=O)N2Cc2ccccc2)cc1)c1ccc2c(c1)CCCC2. The minimum absolute atomic E-state index is 0.00113. The molecule has 1 aliphatic heterocycles. The maximum atomic E-state index is 13.1. The first-order chi connectivity index (χ1) is 17.1. The maximum absolute atomic E-state index is 13.1. The zero-order valence-electron chi connectivity index (χ0n) is 20.2. The summed E-state index contributed by atoms with van der Waals surface area (Å²) in [4.78, 5) is 27.6. The summed E-state index contributed by atoms with van der Waals surface area (Å²) in [5.41, 5.74) is 6.91. The van der Waals surface area contributed by atoms with Crippen LogP contribution in [0.25, 0.3) is 0 Å². The highest BCUT2D eigenvalue weighted by atomic mass is 32.2. The first-order valence-corrected chi connectivity index (χ1v) is 13.6. The fraction of sp³-hybridized carbons (Fsp3) is 0.333. The Bertz CT molecular complexity index is 1190. The van der Waals surface area contributed by atoms with E-state index >= 15 is 0 Å². The number of fused-ring (bicyclic) bond motifs is 1. The van der Waals surface area contributed by atoms with Crippen LogP contribution in [-0.2, 0) is 24.2 Å². The molecule has 2 amide bonds. The normalized spacial score (nSPS) is 18.3. The van der Waals surface area contributed by atoms with Crippen molar-refractivity contribution in [2.75, 3.05) is 5.75 Å². The van der Waals surface area contributed by atoms with Gasteiger partial charge >= 0.3 is 0 Å². The number of carbonyl (C=O) groups excluding carboxylic acids is 2. The molecule has 0 bridgehead atoms. The predicted octanol–water partition coefficient (Wildman–Crippen LogP) is 6.22. The minimum atomic E-state index is -0.0580. The van der Waals surface area contributed by atoms with Gasteiger partial charge in [-0.3, -0.25) is 9.59 Å². The zero-order valence-corrected chi connectivity index (χ0v) is 21.0. The molecule has 0 radical (unpaired) electrons. The third-order valence-corrected chi connectivity index (χ3v) is 8.37. The van der Waals surface area contributed by atoms with Gasteiger partial charge in [-0.1, -0.05) is 67.6 Å². The monoisotopic (exact) mass is 484 g/mol. The van der Waals surface area contributed by atoms with Crippen LogP contribution in [0.5, 0.6) is 0 Å².